The predicted octanol–water partition coefficient (Wildman–Crippen LogP) is 1.79. The maximum Gasteiger partial charge on any atom is 0.315 e. The number of ether oxygens (including phenoxy) is 1. The van der Waals surface area contributed by atoms with Gasteiger partial charge in [0.15, 0.2) is 0 Å². The average Bonchev–Trinajstić information content (AvgIpc) is 3.06. The molecule has 1 aliphatic heterocycles. The Bertz CT molecular complexity index is 562. The van der Waals surface area contributed by atoms with Crippen LogP contribution in [0, 0.1) is 11.3 Å². The number of carbonyl (C=O) groups is 1. The van der Waals surface area contributed by atoms with Crippen LogP contribution < -0.4 is 10.6 Å². The number of urea groups is 1. The second kappa shape index (κ2) is 4.98. The Labute approximate surface area is 124 Å². The van der Waals surface area contributed by atoms with Crippen LogP contribution in [0.5, 0.6) is 0 Å². The number of hydrogen-bond acceptors (Lipinski definition) is 3. The fraction of sp³-hybridized carbons (Fsp3) is 0.625. The lowest BCUT2D eigenvalue weighted by Gasteiger charge is -2.26. The van der Waals surface area contributed by atoms with Crippen molar-refractivity contribution in [2.45, 2.75) is 31.7 Å². The topological polar surface area (TPSA) is 63.2 Å². The number of pyridine rings is 1. The summed E-state index contributed by atoms with van der Waals surface area (Å²) < 4.78 is 5.46. The van der Waals surface area contributed by atoms with Gasteiger partial charge in [-0.15, -0.1) is 0 Å². The van der Waals surface area contributed by atoms with Crippen molar-refractivity contribution in [3.8, 4) is 0 Å². The molecule has 21 heavy (non-hydrogen) atoms. The summed E-state index contributed by atoms with van der Waals surface area (Å²) in [4.78, 5) is 16.3. The van der Waals surface area contributed by atoms with Crippen LogP contribution >= 0.6 is 0 Å². The highest BCUT2D eigenvalue weighted by Gasteiger charge is 2.58. The smallest absolute Gasteiger partial charge is 0.315 e. The van der Waals surface area contributed by atoms with Crippen LogP contribution in [0.1, 0.15) is 36.4 Å². The molecule has 1 saturated carbocycles. The number of nitrogens with zero attached hydrogens (tertiary/aromatic N) is 1. The lowest BCUT2D eigenvalue weighted by molar-refractivity contribution is 0.146. The third-order valence-corrected chi connectivity index (χ3v) is 5.23. The van der Waals surface area contributed by atoms with Crippen LogP contribution in [0.3, 0.4) is 0 Å². The summed E-state index contributed by atoms with van der Waals surface area (Å²) in [6.07, 6.45) is 8.09. The molecule has 2 N–H and O–H groups in total. The van der Waals surface area contributed by atoms with Gasteiger partial charge in [-0.1, -0.05) is 0 Å². The summed E-state index contributed by atoms with van der Waals surface area (Å²) in [5.41, 5.74) is 2.73. The number of fused-ring (bicyclic) bond motifs is 2. The standard InChI is InChI=1S/C16H21N3O2/c20-15(18-9-16-6-12(16)8-21-10-16)19-14-3-1-2-11-7-17-5-4-13(11)14/h4-5,7,12,14H,1-3,6,8-10H2,(H2,18,19,20)/t12-,14?,16-/m0/s1. The molecule has 1 aromatic heterocycles. The zero-order chi connectivity index (χ0) is 14.3. The van der Waals surface area contributed by atoms with Gasteiger partial charge in [-0.05, 0) is 48.8 Å². The van der Waals surface area contributed by atoms with E-state index in [4.69, 9.17) is 4.74 Å². The van der Waals surface area contributed by atoms with Gasteiger partial charge in [-0.2, -0.15) is 0 Å². The van der Waals surface area contributed by atoms with E-state index in [0.29, 0.717) is 5.92 Å². The number of aryl methyl sites for hydroxylation is 1. The molecule has 0 aromatic carbocycles. The van der Waals surface area contributed by atoms with Crippen LogP contribution in [0.4, 0.5) is 4.79 Å². The SMILES string of the molecule is O=C(NC[C@@]12COC[C@@H]1C2)NC1CCCc2cnccc21. The van der Waals surface area contributed by atoms with Gasteiger partial charge in [0.2, 0.25) is 0 Å². The largest absolute Gasteiger partial charge is 0.380 e. The normalized spacial score (nSPS) is 33.0. The maximum atomic E-state index is 12.2. The molecule has 0 bridgehead atoms. The first-order chi connectivity index (χ1) is 10.3. The first kappa shape index (κ1) is 13.1. The van der Waals surface area contributed by atoms with Gasteiger partial charge in [-0.3, -0.25) is 4.98 Å². The fourth-order valence-corrected chi connectivity index (χ4v) is 3.77. The van der Waals surface area contributed by atoms with Crippen molar-refractivity contribution in [1.29, 1.82) is 0 Å². The van der Waals surface area contributed by atoms with E-state index in [2.05, 4.69) is 15.6 Å². The van der Waals surface area contributed by atoms with E-state index in [1.807, 2.05) is 12.3 Å². The molecule has 5 nitrogen and oxygen atoms in total. The van der Waals surface area contributed by atoms with Gasteiger partial charge in [-0.25, -0.2) is 4.79 Å². The first-order valence-corrected chi connectivity index (χ1v) is 7.82. The molecule has 3 atom stereocenters. The van der Waals surface area contributed by atoms with E-state index in [1.165, 1.54) is 17.5 Å². The Morgan fingerprint density at radius 3 is 3.29 bits per heavy atom. The van der Waals surface area contributed by atoms with Crippen LogP contribution in [-0.4, -0.2) is 30.8 Å². The molecule has 1 saturated heterocycles. The van der Waals surface area contributed by atoms with Gasteiger partial charge in [0.05, 0.1) is 19.3 Å². The lowest BCUT2D eigenvalue weighted by Crippen LogP contribution is -2.42. The van der Waals surface area contributed by atoms with Crippen LogP contribution in [0.2, 0.25) is 0 Å². The number of carbonyl (C=O) groups excluding carboxylic acids is 1. The molecule has 1 aromatic rings. The highest BCUT2D eigenvalue weighted by atomic mass is 16.5. The van der Waals surface area contributed by atoms with Crippen molar-refractivity contribution < 1.29 is 9.53 Å². The summed E-state index contributed by atoms with van der Waals surface area (Å²) in [7, 11) is 0. The maximum absolute atomic E-state index is 12.2. The number of hydrogen-bond donors (Lipinski definition) is 2. The van der Waals surface area contributed by atoms with E-state index in [0.717, 1.165) is 39.0 Å². The summed E-state index contributed by atoms with van der Waals surface area (Å²) in [6.45, 7) is 2.40. The average molecular weight is 287 g/mol. The Kier molecular flexibility index (Phi) is 3.10. The summed E-state index contributed by atoms with van der Waals surface area (Å²) >= 11 is 0. The van der Waals surface area contributed by atoms with Crippen molar-refractivity contribution >= 4 is 6.03 Å². The molecule has 5 heteroatoms. The molecule has 2 aliphatic carbocycles. The molecule has 2 amide bonds. The highest BCUT2D eigenvalue weighted by molar-refractivity contribution is 5.74. The van der Waals surface area contributed by atoms with Crippen LogP contribution in [-0.2, 0) is 11.2 Å². The second-order valence-corrected chi connectivity index (χ2v) is 6.62. The minimum atomic E-state index is -0.0587. The molecular weight excluding hydrogens is 266 g/mol. The molecule has 0 spiro atoms. The third kappa shape index (κ3) is 2.39. The number of nitrogens with one attached hydrogen (secondary N) is 2. The van der Waals surface area contributed by atoms with E-state index in [1.54, 1.807) is 6.20 Å². The van der Waals surface area contributed by atoms with Gasteiger partial charge in [0.25, 0.3) is 0 Å². The Balaban J connectivity index is 1.35. The minimum Gasteiger partial charge on any atom is -0.380 e. The molecule has 1 unspecified atom stereocenters. The van der Waals surface area contributed by atoms with Crippen molar-refractivity contribution in [2.24, 2.45) is 11.3 Å². The van der Waals surface area contributed by atoms with Crippen molar-refractivity contribution in [3.63, 3.8) is 0 Å². The van der Waals surface area contributed by atoms with Gasteiger partial charge >= 0.3 is 6.03 Å². The second-order valence-electron chi connectivity index (χ2n) is 6.62. The number of amides is 2. The molecule has 112 valence electrons. The van der Waals surface area contributed by atoms with Gasteiger partial charge in [0.1, 0.15) is 0 Å². The Hall–Kier alpha value is -1.62. The number of aromatic nitrogens is 1. The first-order valence-electron chi connectivity index (χ1n) is 7.82. The molecule has 0 radical (unpaired) electrons. The zero-order valence-electron chi connectivity index (χ0n) is 12.1. The molecular formula is C16H21N3O2. The van der Waals surface area contributed by atoms with E-state index < -0.39 is 0 Å². The lowest BCUT2D eigenvalue weighted by atomic mass is 9.89. The molecule has 3 aliphatic rings. The summed E-state index contributed by atoms with van der Waals surface area (Å²) in [5, 5.41) is 6.16. The third-order valence-electron chi connectivity index (χ3n) is 5.23. The van der Waals surface area contributed by atoms with Gasteiger partial charge in [0, 0.05) is 24.4 Å². The molecule has 2 heterocycles. The minimum absolute atomic E-state index is 0.0587. The highest BCUT2D eigenvalue weighted by Crippen LogP contribution is 2.56. The van der Waals surface area contributed by atoms with E-state index in [-0.39, 0.29) is 17.5 Å². The summed E-state index contributed by atoms with van der Waals surface area (Å²) in [5.74, 6) is 0.666. The Morgan fingerprint density at radius 1 is 1.52 bits per heavy atom. The van der Waals surface area contributed by atoms with Crippen LogP contribution in [0.25, 0.3) is 0 Å². The predicted molar refractivity (Wildman–Crippen MR) is 77.8 cm³/mol. The van der Waals surface area contributed by atoms with E-state index in [9.17, 15) is 4.79 Å². The van der Waals surface area contributed by atoms with Crippen molar-refractivity contribution in [1.82, 2.24) is 15.6 Å². The quantitative estimate of drug-likeness (QED) is 0.891. The van der Waals surface area contributed by atoms with Crippen molar-refractivity contribution in [2.75, 3.05) is 19.8 Å². The monoisotopic (exact) mass is 287 g/mol. The summed E-state index contributed by atoms with van der Waals surface area (Å²) in [6, 6.07) is 2.08. The fourth-order valence-electron chi connectivity index (χ4n) is 3.77. The van der Waals surface area contributed by atoms with Crippen molar-refractivity contribution in [3.05, 3.63) is 29.6 Å². The molecule has 2 fully saturated rings. The Morgan fingerprint density at radius 2 is 2.48 bits per heavy atom. The molecule has 4 rings (SSSR count). The van der Waals surface area contributed by atoms with E-state index >= 15 is 0 Å². The number of rotatable bonds is 3. The van der Waals surface area contributed by atoms with Gasteiger partial charge < -0.3 is 15.4 Å². The van der Waals surface area contributed by atoms with Crippen LogP contribution in [0.15, 0.2) is 18.5 Å². The zero-order valence-corrected chi connectivity index (χ0v) is 12.1.